The van der Waals surface area contributed by atoms with E-state index in [1.165, 1.54) is 17.7 Å². The standard InChI is InChI=1S/C30H25F11O3/c1-3-18(2)16-19-4-6-20(7-5-19)21-8-10-22(11-9-21)25(42)44-24-14-12-23(13-15-24)43-17-26(31,32)27(33,34)28(35,36)29(37,38)30(39,40)41/h4-15,18H,3,16-17H2,1-2H3/t18-/m0/s1. The Hall–Kier alpha value is -3.84. The number of ether oxygens (including phenoxy) is 2. The largest absolute Gasteiger partial charge is 0.487 e. The lowest BCUT2D eigenvalue weighted by Crippen LogP contribution is -2.67. The molecule has 0 aliphatic carbocycles. The summed E-state index contributed by atoms with van der Waals surface area (Å²) in [7, 11) is 0. The van der Waals surface area contributed by atoms with Gasteiger partial charge in [-0.05, 0) is 65.4 Å². The average Bonchev–Trinajstić information content (AvgIpc) is 2.96. The van der Waals surface area contributed by atoms with Crippen LogP contribution < -0.4 is 9.47 Å². The SMILES string of the molecule is CC[C@H](C)Cc1ccc(-c2ccc(C(=O)Oc3ccc(OCC(F)(F)C(F)(F)C(F)(F)C(F)(F)C(F)(F)F)cc3)cc2)cc1. The van der Waals surface area contributed by atoms with Gasteiger partial charge in [0.25, 0.3) is 0 Å². The minimum absolute atomic E-state index is 0.126. The molecule has 0 fully saturated rings. The van der Waals surface area contributed by atoms with E-state index in [2.05, 4.69) is 18.6 Å². The molecule has 14 heteroatoms. The summed E-state index contributed by atoms with van der Waals surface area (Å²) in [4.78, 5) is 12.5. The van der Waals surface area contributed by atoms with E-state index < -0.39 is 48.2 Å². The van der Waals surface area contributed by atoms with E-state index in [0.29, 0.717) is 5.92 Å². The average molecular weight is 643 g/mol. The Labute approximate surface area is 244 Å². The number of alkyl halides is 11. The van der Waals surface area contributed by atoms with Gasteiger partial charge in [0.15, 0.2) is 6.61 Å². The van der Waals surface area contributed by atoms with E-state index in [-0.39, 0.29) is 11.3 Å². The van der Waals surface area contributed by atoms with Crippen LogP contribution in [0.2, 0.25) is 0 Å². The Bertz CT molecular complexity index is 1400. The summed E-state index contributed by atoms with van der Waals surface area (Å²) >= 11 is 0. The molecular weight excluding hydrogens is 617 g/mol. The first kappa shape index (κ1) is 34.6. The highest BCUT2D eigenvalue weighted by atomic mass is 19.4. The van der Waals surface area contributed by atoms with Gasteiger partial charge in [0.05, 0.1) is 5.56 Å². The molecule has 3 aromatic carbocycles. The Morgan fingerprint density at radius 3 is 1.61 bits per heavy atom. The van der Waals surface area contributed by atoms with E-state index in [4.69, 9.17) is 4.74 Å². The number of hydrogen-bond acceptors (Lipinski definition) is 3. The van der Waals surface area contributed by atoms with Crippen LogP contribution in [0.25, 0.3) is 11.1 Å². The molecule has 0 aliphatic rings. The number of esters is 1. The highest BCUT2D eigenvalue weighted by Gasteiger charge is 2.87. The van der Waals surface area contributed by atoms with Crippen molar-refractivity contribution in [1.82, 2.24) is 0 Å². The zero-order chi connectivity index (χ0) is 33.1. The van der Waals surface area contributed by atoms with Crippen LogP contribution >= 0.6 is 0 Å². The topological polar surface area (TPSA) is 35.5 Å². The second kappa shape index (κ2) is 12.6. The second-order valence-electron chi connectivity index (χ2n) is 10.1. The molecule has 0 aromatic heterocycles. The fourth-order valence-electron chi connectivity index (χ4n) is 3.82. The Balaban J connectivity index is 1.61. The second-order valence-corrected chi connectivity index (χ2v) is 10.1. The minimum atomic E-state index is -7.51. The molecule has 240 valence electrons. The van der Waals surface area contributed by atoms with Gasteiger partial charge in [-0.1, -0.05) is 56.7 Å². The van der Waals surface area contributed by atoms with Crippen molar-refractivity contribution in [2.75, 3.05) is 6.61 Å². The summed E-state index contributed by atoms with van der Waals surface area (Å²) in [6.07, 6.45) is -5.24. The quantitative estimate of drug-likeness (QED) is 0.112. The van der Waals surface area contributed by atoms with Crippen LogP contribution in [-0.4, -0.2) is 42.4 Å². The third-order valence-electron chi connectivity index (χ3n) is 6.75. The van der Waals surface area contributed by atoms with E-state index in [9.17, 15) is 53.1 Å². The molecule has 0 N–H and O–H groups in total. The zero-order valence-corrected chi connectivity index (χ0v) is 23.0. The molecule has 0 saturated heterocycles. The summed E-state index contributed by atoms with van der Waals surface area (Å²) < 4.78 is 154. The number of rotatable bonds is 12. The predicted octanol–water partition coefficient (Wildman–Crippen LogP) is 9.64. The smallest absolute Gasteiger partial charge is 0.460 e. The highest BCUT2D eigenvalue weighted by molar-refractivity contribution is 5.91. The van der Waals surface area contributed by atoms with E-state index >= 15 is 0 Å². The predicted molar refractivity (Wildman–Crippen MR) is 138 cm³/mol. The summed E-state index contributed by atoms with van der Waals surface area (Å²) in [6.45, 7) is 1.59. The normalized spacial score (nSPS) is 13.8. The van der Waals surface area contributed by atoms with E-state index in [1.807, 2.05) is 24.3 Å². The third kappa shape index (κ3) is 7.10. The highest BCUT2D eigenvalue weighted by Crippen LogP contribution is 2.57. The third-order valence-corrected chi connectivity index (χ3v) is 6.75. The van der Waals surface area contributed by atoms with E-state index in [1.54, 1.807) is 12.1 Å². The molecule has 44 heavy (non-hydrogen) atoms. The number of carbonyl (C=O) groups excluding carboxylic acids is 1. The lowest BCUT2D eigenvalue weighted by molar-refractivity contribution is -0.423. The Morgan fingerprint density at radius 2 is 1.14 bits per heavy atom. The molecule has 3 nitrogen and oxygen atoms in total. The van der Waals surface area contributed by atoms with Crippen molar-refractivity contribution in [3.63, 3.8) is 0 Å². The maximum absolute atomic E-state index is 13.8. The van der Waals surface area contributed by atoms with Gasteiger partial charge >= 0.3 is 35.8 Å². The van der Waals surface area contributed by atoms with Crippen LogP contribution in [0.4, 0.5) is 48.3 Å². The van der Waals surface area contributed by atoms with Crippen LogP contribution in [0.5, 0.6) is 11.5 Å². The van der Waals surface area contributed by atoms with E-state index in [0.717, 1.165) is 48.2 Å². The summed E-state index contributed by atoms with van der Waals surface area (Å²) in [5.74, 6) is -29.5. The van der Waals surface area contributed by atoms with Crippen molar-refractivity contribution in [2.24, 2.45) is 5.92 Å². The van der Waals surface area contributed by atoms with Gasteiger partial charge in [0.2, 0.25) is 0 Å². The summed E-state index contributed by atoms with van der Waals surface area (Å²) in [5, 5.41) is 0. The molecule has 0 heterocycles. The molecule has 0 saturated carbocycles. The van der Waals surface area contributed by atoms with Gasteiger partial charge in [-0.25, -0.2) is 4.79 Å². The van der Waals surface area contributed by atoms with Crippen molar-refractivity contribution in [1.29, 1.82) is 0 Å². The van der Waals surface area contributed by atoms with Crippen LogP contribution in [-0.2, 0) is 6.42 Å². The fourth-order valence-corrected chi connectivity index (χ4v) is 3.82. The van der Waals surface area contributed by atoms with Crippen LogP contribution in [0.15, 0.2) is 72.8 Å². The fraction of sp³-hybridized carbons (Fsp3) is 0.367. The van der Waals surface area contributed by atoms with Crippen molar-refractivity contribution < 1.29 is 62.6 Å². The first-order valence-corrected chi connectivity index (χ1v) is 13.0. The van der Waals surface area contributed by atoms with Crippen LogP contribution in [0, 0.1) is 5.92 Å². The maximum atomic E-state index is 13.8. The van der Waals surface area contributed by atoms with Gasteiger partial charge < -0.3 is 9.47 Å². The van der Waals surface area contributed by atoms with Gasteiger partial charge in [-0.15, -0.1) is 0 Å². The lowest BCUT2D eigenvalue weighted by Gasteiger charge is -2.37. The lowest BCUT2D eigenvalue weighted by atomic mass is 9.96. The van der Waals surface area contributed by atoms with Crippen molar-refractivity contribution in [3.05, 3.63) is 83.9 Å². The first-order chi connectivity index (χ1) is 20.2. The summed E-state index contributed by atoms with van der Waals surface area (Å²) in [5.41, 5.74) is 3.05. The van der Waals surface area contributed by atoms with Crippen LogP contribution in [0.3, 0.4) is 0 Å². The molecule has 0 spiro atoms. The molecule has 0 aliphatic heterocycles. The number of carbonyl (C=O) groups is 1. The minimum Gasteiger partial charge on any atom is -0.487 e. The first-order valence-electron chi connectivity index (χ1n) is 13.0. The molecule has 0 radical (unpaired) electrons. The van der Waals surface area contributed by atoms with Gasteiger partial charge in [-0.2, -0.15) is 48.3 Å². The molecule has 0 unspecified atom stereocenters. The molecule has 3 rings (SSSR count). The molecular formula is C30H25F11O3. The van der Waals surface area contributed by atoms with Gasteiger partial charge in [0, 0.05) is 0 Å². The van der Waals surface area contributed by atoms with Crippen molar-refractivity contribution in [2.45, 2.75) is 56.6 Å². The van der Waals surface area contributed by atoms with Gasteiger partial charge in [0.1, 0.15) is 11.5 Å². The van der Waals surface area contributed by atoms with Crippen molar-refractivity contribution in [3.8, 4) is 22.6 Å². The molecule has 0 amide bonds. The molecule has 3 aromatic rings. The van der Waals surface area contributed by atoms with Crippen molar-refractivity contribution >= 4 is 5.97 Å². The van der Waals surface area contributed by atoms with Gasteiger partial charge in [-0.3, -0.25) is 0 Å². The maximum Gasteiger partial charge on any atom is 0.460 e. The number of hydrogen-bond donors (Lipinski definition) is 0. The molecule has 1 atom stereocenters. The molecule has 0 bridgehead atoms. The zero-order valence-electron chi connectivity index (χ0n) is 23.0. The summed E-state index contributed by atoms with van der Waals surface area (Å²) in [6, 6.07) is 17.8. The Kier molecular flexibility index (Phi) is 9.96. The number of benzene rings is 3. The van der Waals surface area contributed by atoms with Crippen LogP contribution in [0.1, 0.15) is 36.2 Å². The Morgan fingerprint density at radius 1 is 0.659 bits per heavy atom. The number of halogens is 11. The monoisotopic (exact) mass is 642 g/mol.